The third kappa shape index (κ3) is 1.51. The summed E-state index contributed by atoms with van der Waals surface area (Å²) in [6.45, 7) is 1.74. The summed E-state index contributed by atoms with van der Waals surface area (Å²) >= 11 is 0. The van der Waals surface area contributed by atoms with Crippen LogP contribution in [0.15, 0.2) is 54.6 Å². The minimum Gasteiger partial charge on any atom is -0.278 e. The van der Waals surface area contributed by atoms with Crippen LogP contribution in [0.3, 0.4) is 0 Å². The Hall–Kier alpha value is -2.15. The summed E-state index contributed by atoms with van der Waals surface area (Å²) in [5.74, 6) is 0.373. The average Bonchev–Trinajstić information content (AvgIpc) is 2.35. The van der Waals surface area contributed by atoms with E-state index in [9.17, 15) is 4.79 Å². The van der Waals surface area contributed by atoms with E-state index in [0.717, 1.165) is 27.1 Å². The summed E-state index contributed by atoms with van der Waals surface area (Å²) in [5.41, 5.74) is 0.943. The normalized spacial score (nSPS) is 10.9. The van der Waals surface area contributed by atoms with E-state index in [1.54, 1.807) is 6.92 Å². The van der Waals surface area contributed by atoms with Gasteiger partial charge in [-0.15, -0.1) is 0 Å². The van der Waals surface area contributed by atoms with Crippen molar-refractivity contribution < 1.29 is 4.79 Å². The molecule has 0 spiro atoms. The zero-order chi connectivity index (χ0) is 11.8. The Bertz CT molecular complexity index is 672. The number of benzene rings is 3. The molecule has 0 aliphatic heterocycles. The fourth-order valence-electron chi connectivity index (χ4n) is 2.40. The molecule has 0 aliphatic carbocycles. The number of hydrogen-bond acceptors (Lipinski definition) is 0. The Balaban J connectivity index is 2.61. The summed E-state index contributed by atoms with van der Waals surface area (Å²) in [5, 5.41) is 4.53. The van der Waals surface area contributed by atoms with E-state index in [0.29, 0.717) is 5.78 Å². The van der Waals surface area contributed by atoms with Crippen LogP contribution in [0.1, 0.15) is 12.5 Å². The first-order valence-electron chi connectivity index (χ1n) is 5.71. The van der Waals surface area contributed by atoms with Crippen molar-refractivity contribution in [1.82, 2.24) is 0 Å². The number of hydrogen-bond donors (Lipinski definition) is 0. The molecule has 0 atom stereocenters. The summed E-state index contributed by atoms with van der Waals surface area (Å²) in [6.07, 6.45) is 0. The molecule has 82 valence electrons. The van der Waals surface area contributed by atoms with Crippen LogP contribution in [-0.2, 0) is 0 Å². The van der Waals surface area contributed by atoms with Crippen molar-refractivity contribution in [3.05, 3.63) is 60.2 Å². The predicted molar refractivity (Wildman–Crippen MR) is 73.2 cm³/mol. The molecule has 0 amide bonds. The van der Waals surface area contributed by atoms with E-state index >= 15 is 0 Å². The van der Waals surface area contributed by atoms with Gasteiger partial charge in [-0.3, -0.25) is 4.79 Å². The van der Waals surface area contributed by atoms with Crippen molar-refractivity contribution in [3.63, 3.8) is 0 Å². The van der Waals surface area contributed by atoms with Crippen molar-refractivity contribution in [2.75, 3.05) is 0 Å². The predicted octanol–water partition coefficient (Wildman–Crippen LogP) is 3.91. The van der Waals surface area contributed by atoms with Gasteiger partial charge in [-0.05, 0) is 27.6 Å². The standard InChI is InChI=1S/C16H12O/c1-11(17)16-14-8-4-2-6-12(14)10-13-7-3-5-9-15(13)16/h2-10H,1H3/p+1. The molecular formula is C16H13O+. The largest absolute Gasteiger partial charge is 0.321 e. The molecule has 1 nitrogen and oxygen atoms in total. The highest BCUT2D eigenvalue weighted by Crippen LogP contribution is 2.28. The van der Waals surface area contributed by atoms with Crippen molar-refractivity contribution in [1.29, 1.82) is 0 Å². The molecule has 0 aromatic heterocycles. The van der Waals surface area contributed by atoms with Crippen molar-refractivity contribution in [3.8, 4) is 0 Å². The van der Waals surface area contributed by atoms with Crippen LogP contribution in [0.2, 0.25) is 0 Å². The van der Waals surface area contributed by atoms with Crippen molar-refractivity contribution in [2.45, 2.75) is 6.92 Å². The minimum absolute atomic E-state index is 0.373. The van der Waals surface area contributed by atoms with Crippen LogP contribution < -0.4 is 0 Å². The van der Waals surface area contributed by atoms with E-state index in [4.69, 9.17) is 0 Å². The first kappa shape index (κ1) is 10.0. The van der Waals surface area contributed by atoms with Gasteiger partial charge < -0.3 is 0 Å². The molecule has 1 N–H and O–H groups in total. The molecule has 0 radical (unpaired) electrons. The third-order valence-corrected chi connectivity index (χ3v) is 3.13. The van der Waals surface area contributed by atoms with Crippen LogP contribution in [-0.4, -0.2) is 10.6 Å². The number of ketones is 1. The molecule has 0 aliphatic rings. The fourth-order valence-corrected chi connectivity index (χ4v) is 2.40. The number of carbonyl (C=O) groups excluding carboxylic acids is 1. The van der Waals surface area contributed by atoms with E-state index in [-0.39, 0.29) is 0 Å². The molecule has 0 saturated heterocycles. The lowest BCUT2D eigenvalue weighted by Gasteiger charge is -2.06. The monoisotopic (exact) mass is 221 g/mol. The molecule has 0 heterocycles. The topological polar surface area (TPSA) is 21.4 Å². The van der Waals surface area contributed by atoms with Gasteiger partial charge in [0.15, 0.2) is 0 Å². The lowest BCUT2D eigenvalue weighted by Crippen LogP contribution is -1.97. The molecule has 0 unspecified atom stereocenters. The SMILES string of the molecule is CC(=[OH+])c1c2ccccc2cc2ccccc12. The Morgan fingerprint density at radius 3 is 1.76 bits per heavy atom. The zero-order valence-electron chi connectivity index (χ0n) is 9.64. The summed E-state index contributed by atoms with van der Waals surface area (Å²) in [6, 6.07) is 18.5. The van der Waals surface area contributed by atoms with Crippen molar-refractivity contribution in [2.24, 2.45) is 0 Å². The van der Waals surface area contributed by atoms with Gasteiger partial charge in [0, 0.05) is 0 Å². The second kappa shape index (κ2) is 3.70. The second-order valence-corrected chi connectivity index (χ2v) is 4.28. The van der Waals surface area contributed by atoms with Gasteiger partial charge in [0.25, 0.3) is 0 Å². The molecule has 3 rings (SSSR count). The maximum atomic E-state index is 9.94. The third-order valence-electron chi connectivity index (χ3n) is 3.13. The van der Waals surface area contributed by atoms with E-state index < -0.39 is 0 Å². The minimum atomic E-state index is 0.373. The lowest BCUT2D eigenvalue weighted by atomic mass is 9.95. The quantitative estimate of drug-likeness (QED) is 0.337. The molecular weight excluding hydrogens is 208 g/mol. The van der Waals surface area contributed by atoms with Crippen LogP contribution >= 0.6 is 0 Å². The van der Waals surface area contributed by atoms with E-state index in [2.05, 4.69) is 30.3 Å². The van der Waals surface area contributed by atoms with Gasteiger partial charge in [0.1, 0.15) is 0 Å². The summed E-state index contributed by atoms with van der Waals surface area (Å²) in [7, 11) is 0. The molecule has 0 bridgehead atoms. The van der Waals surface area contributed by atoms with Gasteiger partial charge in [-0.1, -0.05) is 48.5 Å². The highest BCUT2D eigenvalue weighted by molar-refractivity contribution is 6.18. The molecule has 0 saturated carbocycles. The van der Waals surface area contributed by atoms with Crippen molar-refractivity contribution >= 4 is 27.3 Å². The summed E-state index contributed by atoms with van der Waals surface area (Å²) < 4.78 is 0. The highest BCUT2D eigenvalue weighted by Gasteiger charge is 2.14. The molecule has 3 aromatic carbocycles. The van der Waals surface area contributed by atoms with Crippen LogP contribution in [0.25, 0.3) is 21.5 Å². The first-order chi connectivity index (χ1) is 8.27. The maximum Gasteiger partial charge on any atom is 0.321 e. The Kier molecular flexibility index (Phi) is 2.19. The van der Waals surface area contributed by atoms with Gasteiger partial charge in [0.05, 0.1) is 12.5 Å². The van der Waals surface area contributed by atoms with Crippen LogP contribution in [0.5, 0.6) is 0 Å². The highest BCUT2D eigenvalue weighted by atomic mass is 16.1. The van der Waals surface area contributed by atoms with Crippen LogP contribution in [0, 0.1) is 0 Å². The van der Waals surface area contributed by atoms with Crippen LogP contribution in [0.4, 0.5) is 0 Å². The smallest absolute Gasteiger partial charge is 0.278 e. The summed E-state index contributed by atoms with van der Waals surface area (Å²) in [4.78, 5) is 9.94. The molecule has 17 heavy (non-hydrogen) atoms. The molecule has 1 heteroatoms. The second-order valence-electron chi connectivity index (χ2n) is 4.28. The average molecular weight is 221 g/mol. The first-order valence-corrected chi connectivity index (χ1v) is 5.71. The van der Waals surface area contributed by atoms with E-state index in [1.807, 2.05) is 24.3 Å². The Morgan fingerprint density at radius 1 is 0.824 bits per heavy atom. The van der Waals surface area contributed by atoms with E-state index in [1.165, 1.54) is 0 Å². The molecule has 3 aromatic rings. The van der Waals surface area contributed by atoms with Gasteiger partial charge in [-0.25, -0.2) is 0 Å². The molecule has 0 fully saturated rings. The Labute approximate surface area is 99.7 Å². The lowest BCUT2D eigenvalue weighted by molar-refractivity contribution is 0.676. The van der Waals surface area contributed by atoms with Gasteiger partial charge in [0.2, 0.25) is 0 Å². The van der Waals surface area contributed by atoms with Gasteiger partial charge in [-0.2, -0.15) is 0 Å². The van der Waals surface area contributed by atoms with Gasteiger partial charge >= 0.3 is 5.78 Å². The number of fused-ring (bicyclic) bond motifs is 2. The Morgan fingerprint density at radius 2 is 1.29 bits per heavy atom. The zero-order valence-corrected chi connectivity index (χ0v) is 9.64. The fraction of sp³-hybridized carbons (Fsp3) is 0.0625. The number of rotatable bonds is 1. The maximum absolute atomic E-state index is 9.94.